The molecule has 1 atom stereocenters. The fraction of sp³-hybridized carbons (Fsp3) is 0.450. The zero-order valence-electron chi connectivity index (χ0n) is 16.2. The quantitative estimate of drug-likeness (QED) is 0.782. The average molecular weight is 372 g/mol. The molecule has 0 bridgehead atoms. The number of nitrogens with zero attached hydrogens (tertiary/aromatic N) is 4. The van der Waals surface area contributed by atoms with E-state index in [0.29, 0.717) is 25.2 Å². The summed E-state index contributed by atoms with van der Waals surface area (Å²) in [6.07, 6.45) is -0.264. The molecule has 0 spiro atoms. The Morgan fingerprint density at radius 2 is 2.00 bits per heavy atom. The number of likely N-dealkylation sites (N-methyl/N-ethyl adjacent to an activating group) is 1. The van der Waals surface area contributed by atoms with Crippen molar-refractivity contribution in [1.82, 2.24) is 14.7 Å². The number of halogens is 1. The van der Waals surface area contributed by atoms with Crippen LogP contribution in [0.5, 0.6) is 0 Å². The van der Waals surface area contributed by atoms with Gasteiger partial charge in [0.2, 0.25) is 6.10 Å². The maximum Gasteiger partial charge on any atom is 0.267 e. The largest absolute Gasteiger partial charge is 0.382 e. The van der Waals surface area contributed by atoms with E-state index in [4.69, 9.17) is 4.84 Å². The van der Waals surface area contributed by atoms with Gasteiger partial charge in [-0.15, -0.1) is 0 Å². The van der Waals surface area contributed by atoms with Crippen LogP contribution in [0.3, 0.4) is 0 Å². The predicted molar refractivity (Wildman–Crippen MR) is 101 cm³/mol. The number of hydrogen-bond donors (Lipinski definition) is 0. The van der Waals surface area contributed by atoms with Crippen LogP contribution < -0.4 is 0 Å². The molecule has 0 radical (unpaired) electrons. The Labute approximate surface area is 158 Å². The van der Waals surface area contributed by atoms with Crippen LogP contribution in [0.25, 0.3) is 0 Å². The molecular weight excluding hydrogens is 347 g/mol. The van der Waals surface area contributed by atoms with Gasteiger partial charge in [-0.3, -0.25) is 9.48 Å². The molecule has 144 valence electrons. The lowest BCUT2D eigenvalue weighted by Gasteiger charge is -2.23. The van der Waals surface area contributed by atoms with Gasteiger partial charge in [0.1, 0.15) is 5.82 Å². The normalized spacial score (nSPS) is 16.2. The van der Waals surface area contributed by atoms with Crippen LogP contribution >= 0.6 is 0 Å². The number of carbonyl (C=O) groups is 1. The smallest absolute Gasteiger partial charge is 0.267 e. The Bertz CT molecular complexity index is 858. The molecule has 0 aliphatic carbocycles. The summed E-state index contributed by atoms with van der Waals surface area (Å²) in [6.45, 7) is 9.86. The highest BCUT2D eigenvalue weighted by atomic mass is 19.1. The lowest BCUT2D eigenvalue weighted by molar-refractivity contribution is -0.142. The third-order valence-corrected chi connectivity index (χ3v) is 5.00. The number of carbonyl (C=O) groups excluding carboxylic acids is 1. The van der Waals surface area contributed by atoms with E-state index in [9.17, 15) is 9.18 Å². The number of amides is 1. The first-order valence-electron chi connectivity index (χ1n) is 9.24. The van der Waals surface area contributed by atoms with E-state index in [1.54, 1.807) is 17.0 Å². The number of hydrogen-bond acceptors (Lipinski definition) is 4. The van der Waals surface area contributed by atoms with Crippen molar-refractivity contribution in [2.45, 2.75) is 53.3 Å². The Balaban J connectivity index is 1.69. The van der Waals surface area contributed by atoms with Gasteiger partial charge in [-0.1, -0.05) is 17.3 Å². The van der Waals surface area contributed by atoms with E-state index in [-0.39, 0.29) is 11.7 Å². The molecule has 1 aliphatic heterocycles. The minimum Gasteiger partial charge on any atom is -0.382 e. The Kier molecular flexibility index (Phi) is 5.58. The molecule has 0 N–H and O–H groups in total. The van der Waals surface area contributed by atoms with Crippen LogP contribution in [0, 0.1) is 19.7 Å². The molecule has 7 heteroatoms. The van der Waals surface area contributed by atoms with Crippen LogP contribution in [-0.2, 0) is 22.7 Å². The standard InChI is InChI=1S/C20H25FN4O2/c1-5-24(12-17-13(3)22-25(6-2)14(17)4)20(26)19-11-18(23-27-19)15-7-9-16(21)10-8-15/h7-10,19H,5-6,11-12H2,1-4H3. The lowest BCUT2D eigenvalue weighted by Crippen LogP contribution is -2.39. The zero-order chi connectivity index (χ0) is 19.6. The molecule has 6 nitrogen and oxygen atoms in total. The monoisotopic (exact) mass is 372 g/mol. The molecular formula is C20H25FN4O2. The summed E-state index contributed by atoms with van der Waals surface area (Å²) in [5, 5.41) is 8.57. The van der Waals surface area contributed by atoms with Crippen molar-refractivity contribution >= 4 is 11.6 Å². The molecule has 0 saturated heterocycles. The topological polar surface area (TPSA) is 59.7 Å². The molecule has 1 unspecified atom stereocenters. The molecule has 0 saturated carbocycles. The van der Waals surface area contributed by atoms with Gasteiger partial charge in [-0.25, -0.2) is 4.39 Å². The van der Waals surface area contributed by atoms with Crippen molar-refractivity contribution in [2.24, 2.45) is 5.16 Å². The fourth-order valence-electron chi connectivity index (χ4n) is 3.33. The molecule has 3 rings (SSSR count). The van der Waals surface area contributed by atoms with Crippen molar-refractivity contribution in [3.05, 3.63) is 52.6 Å². The van der Waals surface area contributed by atoms with Crippen molar-refractivity contribution in [3.63, 3.8) is 0 Å². The van der Waals surface area contributed by atoms with Gasteiger partial charge in [0.05, 0.1) is 11.4 Å². The van der Waals surface area contributed by atoms with Gasteiger partial charge in [0.15, 0.2) is 0 Å². The van der Waals surface area contributed by atoms with E-state index >= 15 is 0 Å². The van der Waals surface area contributed by atoms with Gasteiger partial charge < -0.3 is 9.74 Å². The Morgan fingerprint density at radius 1 is 1.30 bits per heavy atom. The molecule has 27 heavy (non-hydrogen) atoms. The highest BCUT2D eigenvalue weighted by Crippen LogP contribution is 2.21. The first-order valence-corrected chi connectivity index (χ1v) is 9.24. The van der Waals surface area contributed by atoms with Crippen LogP contribution in [-0.4, -0.2) is 38.9 Å². The molecule has 2 heterocycles. The lowest BCUT2D eigenvalue weighted by atomic mass is 10.0. The minimum absolute atomic E-state index is 0.0959. The van der Waals surface area contributed by atoms with E-state index in [1.807, 2.05) is 32.4 Å². The number of benzene rings is 1. The predicted octanol–water partition coefficient (Wildman–Crippen LogP) is 3.20. The van der Waals surface area contributed by atoms with E-state index in [2.05, 4.69) is 10.3 Å². The van der Waals surface area contributed by atoms with Crippen molar-refractivity contribution in [2.75, 3.05) is 6.54 Å². The number of aromatic nitrogens is 2. The third-order valence-electron chi connectivity index (χ3n) is 5.00. The fourth-order valence-corrected chi connectivity index (χ4v) is 3.33. The summed E-state index contributed by atoms with van der Waals surface area (Å²) in [5.41, 5.74) is 4.53. The van der Waals surface area contributed by atoms with Crippen LogP contribution in [0.2, 0.25) is 0 Å². The van der Waals surface area contributed by atoms with Gasteiger partial charge >= 0.3 is 0 Å². The highest BCUT2D eigenvalue weighted by Gasteiger charge is 2.32. The van der Waals surface area contributed by atoms with E-state index < -0.39 is 6.10 Å². The van der Waals surface area contributed by atoms with Crippen molar-refractivity contribution in [3.8, 4) is 0 Å². The second-order valence-corrected chi connectivity index (χ2v) is 6.66. The minimum atomic E-state index is -0.646. The third kappa shape index (κ3) is 3.86. The SMILES string of the molecule is CCN(Cc1c(C)nn(CC)c1C)C(=O)C1CC(c2ccc(F)cc2)=NO1. The van der Waals surface area contributed by atoms with Gasteiger partial charge in [0.25, 0.3) is 5.91 Å². The maximum absolute atomic E-state index is 13.1. The maximum atomic E-state index is 13.1. The molecule has 0 fully saturated rings. The van der Waals surface area contributed by atoms with Gasteiger partial charge in [-0.2, -0.15) is 5.10 Å². The summed E-state index contributed by atoms with van der Waals surface area (Å²) in [7, 11) is 0. The molecule has 2 aromatic rings. The summed E-state index contributed by atoms with van der Waals surface area (Å²) in [4.78, 5) is 20.1. The molecule has 1 aromatic heterocycles. The molecule has 1 aliphatic rings. The average Bonchev–Trinajstić information content (AvgIpc) is 3.26. The molecule has 1 aromatic carbocycles. The second kappa shape index (κ2) is 7.90. The summed E-state index contributed by atoms with van der Waals surface area (Å²) in [6, 6.07) is 6.05. The number of aryl methyl sites for hydroxylation is 2. The summed E-state index contributed by atoms with van der Waals surface area (Å²) < 4.78 is 15.0. The highest BCUT2D eigenvalue weighted by molar-refractivity contribution is 6.04. The van der Waals surface area contributed by atoms with Gasteiger partial charge in [0, 0.05) is 37.3 Å². The van der Waals surface area contributed by atoms with E-state index in [0.717, 1.165) is 29.1 Å². The summed E-state index contributed by atoms with van der Waals surface area (Å²) in [5.74, 6) is -0.400. The first kappa shape index (κ1) is 19.1. The number of rotatable bonds is 6. The molecule has 1 amide bonds. The second-order valence-electron chi connectivity index (χ2n) is 6.66. The Hall–Kier alpha value is -2.70. The Morgan fingerprint density at radius 3 is 2.59 bits per heavy atom. The van der Waals surface area contributed by atoms with Crippen molar-refractivity contribution < 1.29 is 14.0 Å². The zero-order valence-corrected chi connectivity index (χ0v) is 16.2. The first-order chi connectivity index (χ1) is 12.9. The number of oxime groups is 1. The van der Waals surface area contributed by atoms with E-state index in [1.165, 1.54) is 12.1 Å². The van der Waals surface area contributed by atoms with Crippen LogP contribution in [0.1, 0.15) is 42.8 Å². The van der Waals surface area contributed by atoms with Gasteiger partial charge in [-0.05, 0) is 45.4 Å². The van der Waals surface area contributed by atoms with Crippen molar-refractivity contribution in [1.29, 1.82) is 0 Å². The van der Waals surface area contributed by atoms with Crippen LogP contribution in [0.4, 0.5) is 4.39 Å². The summed E-state index contributed by atoms with van der Waals surface area (Å²) >= 11 is 0. The van der Waals surface area contributed by atoms with Crippen LogP contribution in [0.15, 0.2) is 29.4 Å².